The van der Waals surface area contributed by atoms with Crippen LogP contribution in [-0.2, 0) is 6.42 Å². The van der Waals surface area contributed by atoms with Gasteiger partial charge in [0.25, 0.3) is 0 Å². The highest BCUT2D eigenvalue weighted by Crippen LogP contribution is 2.38. The number of rotatable bonds is 7. The van der Waals surface area contributed by atoms with E-state index in [-0.39, 0.29) is 12.2 Å². The fourth-order valence-electron chi connectivity index (χ4n) is 5.04. The van der Waals surface area contributed by atoms with Crippen LogP contribution in [0.15, 0.2) is 12.4 Å². The SMILES string of the molecule is CC[C@H](C)Cc1ncc2c(O[C@H]3CC[C@H](N(C)C)C3)ncc(C3CCC(O)CC3)c2n1. The Labute approximate surface area is 186 Å². The van der Waals surface area contributed by atoms with Crippen molar-refractivity contribution in [2.75, 3.05) is 14.1 Å². The van der Waals surface area contributed by atoms with E-state index in [4.69, 9.17) is 19.7 Å². The van der Waals surface area contributed by atoms with Gasteiger partial charge in [0.1, 0.15) is 11.9 Å². The molecule has 0 unspecified atom stereocenters. The maximum Gasteiger partial charge on any atom is 0.224 e. The topological polar surface area (TPSA) is 71.4 Å². The first kappa shape index (κ1) is 22.4. The van der Waals surface area contributed by atoms with Gasteiger partial charge in [0.15, 0.2) is 0 Å². The third-order valence-corrected chi connectivity index (χ3v) is 7.39. The molecule has 0 aliphatic heterocycles. The average molecular weight is 427 g/mol. The van der Waals surface area contributed by atoms with E-state index in [1.807, 2.05) is 12.4 Å². The van der Waals surface area contributed by atoms with Crippen molar-refractivity contribution in [2.45, 2.75) is 95.8 Å². The number of ether oxygens (including phenoxy) is 1. The monoisotopic (exact) mass is 426 g/mol. The fourth-order valence-corrected chi connectivity index (χ4v) is 5.04. The molecule has 2 fully saturated rings. The van der Waals surface area contributed by atoms with E-state index in [0.717, 1.165) is 74.5 Å². The Balaban J connectivity index is 1.65. The van der Waals surface area contributed by atoms with E-state index >= 15 is 0 Å². The van der Waals surface area contributed by atoms with Crippen molar-refractivity contribution in [2.24, 2.45) is 5.92 Å². The Morgan fingerprint density at radius 1 is 1.10 bits per heavy atom. The molecule has 6 nitrogen and oxygen atoms in total. The molecule has 0 saturated heterocycles. The second-order valence-corrected chi connectivity index (χ2v) is 9.96. The zero-order chi connectivity index (χ0) is 22.0. The van der Waals surface area contributed by atoms with Gasteiger partial charge in [0.2, 0.25) is 5.88 Å². The number of fused-ring (bicyclic) bond motifs is 1. The lowest BCUT2D eigenvalue weighted by Crippen LogP contribution is -2.26. The molecule has 0 spiro atoms. The number of aliphatic hydroxyl groups excluding tert-OH is 1. The van der Waals surface area contributed by atoms with E-state index < -0.39 is 0 Å². The standard InChI is InChI=1S/C25H38N4O2/c1-5-16(2)12-23-26-15-22-24(28-23)21(17-6-9-19(30)10-7-17)14-27-25(22)31-20-11-8-18(13-20)29(3)4/h14-20,30H,5-13H2,1-4H3/t16-,17?,18-,19?,20-/m0/s1. The third-order valence-electron chi connectivity index (χ3n) is 7.39. The molecular formula is C25H38N4O2. The fraction of sp³-hybridized carbons (Fsp3) is 0.720. The molecule has 2 aromatic rings. The van der Waals surface area contributed by atoms with Crippen LogP contribution < -0.4 is 4.74 Å². The van der Waals surface area contributed by atoms with Gasteiger partial charge in [0, 0.05) is 30.4 Å². The Kier molecular flexibility index (Phi) is 7.07. The minimum atomic E-state index is -0.166. The van der Waals surface area contributed by atoms with Gasteiger partial charge in [-0.1, -0.05) is 20.3 Å². The summed E-state index contributed by atoms with van der Waals surface area (Å²) in [6.45, 7) is 4.46. The summed E-state index contributed by atoms with van der Waals surface area (Å²) in [5, 5.41) is 10.9. The van der Waals surface area contributed by atoms with Crippen molar-refractivity contribution in [3.05, 3.63) is 23.8 Å². The first-order chi connectivity index (χ1) is 14.9. The summed E-state index contributed by atoms with van der Waals surface area (Å²) in [6.07, 6.45) is 12.9. The Bertz CT molecular complexity index is 879. The molecule has 2 aliphatic rings. The average Bonchev–Trinajstić information content (AvgIpc) is 3.23. The van der Waals surface area contributed by atoms with Crippen LogP contribution >= 0.6 is 0 Å². The molecule has 6 heteroatoms. The Hall–Kier alpha value is -1.79. The van der Waals surface area contributed by atoms with Gasteiger partial charge in [-0.25, -0.2) is 15.0 Å². The van der Waals surface area contributed by atoms with Crippen LogP contribution in [-0.4, -0.2) is 57.3 Å². The lowest BCUT2D eigenvalue weighted by atomic mass is 9.82. The number of pyridine rings is 1. The van der Waals surface area contributed by atoms with Crippen molar-refractivity contribution in [1.29, 1.82) is 0 Å². The highest BCUT2D eigenvalue weighted by atomic mass is 16.5. The van der Waals surface area contributed by atoms with Gasteiger partial charge >= 0.3 is 0 Å². The molecule has 2 saturated carbocycles. The van der Waals surface area contributed by atoms with E-state index in [2.05, 4.69) is 32.8 Å². The maximum absolute atomic E-state index is 9.96. The van der Waals surface area contributed by atoms with Gasteiger partial charge in [-0.3, -0.25) is 0 Å². The molecule has 2 aliphatic carbocycles. The molecule has 170 valence electrons. The minimum Gasteiger partial charge on any atom is -0.474 e. The molecule has 31 heavy (non-hydrogen) atoms. The van der Waals surface area contributed by atoms with Crippen LogP contribution in [0.25, 0.3) is 10.9 Å². The van der Waals surface area contributed by atoms with Gasteiger partial charge in [-0.2, -0.15) is 0 Å². The molecule has 4 rings (SSSR count). The second-order valence-electron chi connectivity index (χ2n) is 9.96. The normalized spacial score (nSPS) is 27.7. The van der Waals surface area contributed by atoms with Gasteiger partial charge in [-0.15, -0.1) is 0 Å². The molecule has 2 aromatic heterocycles. The third kappa shape index (κ3) is 5.17. The summed E-state index contributed by atoms with van der Waals surface area (Å²) in [7, 11) is 4.28. The van der Waals surface area contributed by atoms with E-state index in [9.17, 15) is 5.11 Å². The number of hydrogen-bond acceptors (Lipinski definition) is 6. The predicted octanol–water partition coefficient (Wildman–Crippen LogP) is 4.49. The van der Waals surface area contributed by atoms with Crippen LogP contribution in [0, 0.1) is 5.92 Å². The molecule has 2 heterocycles. The lowest BCUT2D eigenvalue weighted by molar-refractivity contribution is 0.122. The first-order valence-corrected chi connectivity index (χ1v) is 12.1. The minimum absolute atomic E-state index is 0.166. The van der Waals surface area contributed by atoms with Gasteiger partial charge in [-0.05, 0) is 70.9 Å². The van der Waals surface area contributed by atoms with Crippen molar-refractivity contribution >= 4 is 10.9 Å². The Morgan fingerprint density at radius 3 is 2.55 bits per heavy atom. The van der Waals surface area contributed by atoms with Crippen LogP contribution in [0.1, 0.15) is 82.5 Å². The van der Waals surface area contributed by atoms with Crippen molar-refractivity contribution < 1.29 is 9.84 Å². The summed E-state index contributed by atoms with van der Waals surface area (Å²) < 4.78 is 6.41. The number of hydrogen-bond donors (Lipinski definition) is 1. The summed E-state index contributed by atoms with van der Waals surface area (Å²) >= 11 is 0. The van der Waals surface area contributed by atoms with E-state index in [1.54, 1.807) is 0 Å². The predicted molar refractivity (Wildman–Crippen MR) is 123 cm³/mol. The van der Waals surface area contributed by atoms with E-state index in [1.165, 1.54) is 5.56 Å². The molecule has 1 N–H and O–H groups in total. The van der Waals surface area contributed by atoms with Crippen molar-refractivity contribution in [1.82, 2.24) is 19.9 Å². The van der Waals surface area contributed by atoms with Crippen LogP contribution in [0.3, 0.4) is 0 Å². The molecule has 3 atom stereocenters. The first-order valence-electron chi connectivity index (χ1n) is 12.1. The molecular weight excluding hydrogens is 388 g/mol. The van der Waals surface area contributed by atoms with Crippen LogP contribution in [0.2, 0.25) is 0 Å². The highest BCUT2D eigenvalue weighted by Gasteiger charge is 2.29. The smallest absolute Gasteiger partial charge is 0.224 e. The van der Waals surface area contributed by atoms with Crippen LogP contribution in [0.5, 0.6) is 5.88 Å². The largest absolute Gasteiger partial charge is 0.474 e. The maximum atomic E-state index is 9.96. The number of aliphatic hydroxyl groups is 1. The quantitative estimate of drug-likeness (QED) is 0.703. The van der Waals surface area contributed by atoms with Crippen molar-refractivity contribution in [3.8, 4) is 5.88 Å². The Morgan fingerprint density at radius 2 is 1.87 bits per heavy atom. The number of nitrogens with zero attached hydrogens (tertiary/aromatic N) is 4. The zero-order valence-electron chi connectivity index (χ0n) is 19.5. The number of aromatic nitrogens is 3. The summed E-state index contributed by atoms with van der Waals surface area (Å²) in [6, 6.07) is 0.572. The molecule has 0 aromatic carbocycles. The second kappa shape index (κ2) is 9.78. The van der Waals surface area contributed by atoms with Crippen LogP contribution in [0.4, 0.5) is 0 Å². The highest BCUT2D eigenvalue weighted by molar-refractivity contribution is 5.85. The zero-order valence-corrected chi connectivity index (χ0v) is 19.5. The van der Waals surface area contributed by atoms with Gasteiger partial charge < -0.3 is 14.7 Å². The molecule has 0 radical (unpaired) electrons. The summed E-state index contributed by atoms with van der Waals surface area (Å²) in [5.41, 5.74) is 2.20. The summed E-state index contributed by atoms with van der Waals surface area (Å²) in [4.78, 5) is 16.8. The van der Waals surface area contributed by atoms with Crippen molar-refractivity contribution in [3.63, 3.8) is 0 Å². The van der Waals surface area contributed by atoms with Gasteiger partial charge in [0.05, 0.1) is 17.0 Å². The lowest BCUT2D eigenvalue weighted by Gasteiger charge is -2.26. The molecule has 0 bridgehead atoms. The molecule has 0 amide bonds. The van der Waals surface area contributed by atoms with E-state index in [0.29, 0.717) is 23.8 Å². The summed E-state index contributed by atoms with van der Waals surface area (Å²) in [5.74, 6) is 2.53.